The van der Waals surface area contributed by atoms with Crippen LogP contribution in [-0.2, 0) is 4.79 Å². The molecule has 0 radical (unpaired) electrons. The number of hydrogen-bond donors (Lipinski definition) is 1. The highest BCUT2D eigenvalue weighted by Crippen LogP contribution is 2.34. The minimum absolute atomic E-state index is 0.167. The number of nitrogens with two attached hydrogens (primary N) is 1. The van der Waals surface area contributed by atoms with Crippen LogP contribution in [0.2, 0.25) is 10.0 Å². The minimum atomic E-state index is -0.679. The van der Waals surface area contributed by atoms with Gasteiger partial charge in [0.15, 0.2) is 23.9 Å². The van der Waals surface area contributed by atoms with E-state index in [1.807, 2.05) is 0 Å². The van der Waals surface area contributed by atoms with E-state index in [4.69, 9.17) is 42.8 Å². The molecule has 0 bridgehead atoms. The summed E-state index contributed by atoms with van der Waals surface area (Å²) < 4.78 is 18.0. The van der Waals surface area contributed by atoms with Gasteiger partial charge in [0.2, 0.25) is 5.82 Å². The van der Waals surface area contributed by atoms with Gasteiger partial charge < -0.3 is 19.6 Å². The third kappa shape index (κ3) is 4.87. The van der Waals surface area contributed by atoms with Crippen LogP contribution in [0.5, 0.6) is 11.5 Å². The van der Waals surface area contributed by atoms with Crippen molar-refractivity contribution in [1.82, 2.24) is 9.66 Å². The van der Waals surface area contributed by atoms with Crippen LogP contribution in [0, 0.1) is 0 Å². The Morgan fingerprint density at radius 2 is 1.95 bits per heavy atom. The molecule has 0 aliphatic heterocycles. The van der Waals surface area contributed by atoms with Crippen LogP contribution in [0.3, 0.4) is 0 Å². The molecule has 1 amide bonds. The van der Waals surface area contributed by atoms with Gasteiger partial charge in [0.25, 0.3) is 11.5 Å². The number of rotatable bonds is 7. The van der Waals surface area contributed by atoms with Crippen molar-refractivity contribution in [3.05, 3.63) is 86.6 Å². The van der Waals surface area contributed by atoms with Gasteiger partial charge in [-0.05, 0) is 42.5 Å². The molecule has 0 fully saturated rings. The third-order valence-corrected chi connectivity index (χ3v) is 5.85. The van der Waals surface area contributed by atoms with Crippen LogP contribution in [0.4, 0.5) is 0 Å². The molecule has 0 saturated carbocycles. The predicted molar refractivity (Wildman–Crippen MR) is 142 cm³/mol. The zero-order chi connectivity index (χ0) is 26.1. The molecule has 186 valence electrons. The second-order valence-electron chi connectivity index (χ2n) is 7.89. The van der Waals surface area contributed by atoms with Crippen LogP contribution in [0.1, 0.15) is 5.56 Å². The highest BCUT2D eigenvalue weighted by Gasteiger charge is 2.18. The summed E-state index contributed by atoms with van der Waals surface area (Å²) in [7, 11) is 1.42. The van der Waals surface area contributed by atoms with Crippen molar-refractivity contribution in [2.24, 2.45) is 10.8 Å². The van der Waals surface area contributed by atoms with Gasteiger partial charge in [-0.3, -0.25) is 9.59 Å². The van der Waals surface area contributed by atoms with Crippen molar-refractivity contribution in [1.29, 1.82) is 0 Å². The molecule has 5 rings (SSSR count). The zero-order valence-corrected chi connectivity index (χ0v) is 20.8. The minimum Gasteiger partial charge on any atom is -0.493 e. The molecule has 0 aliphatic carbocycles. The molecule has 37 heavy (non-hydrogen) atoms. The number of nitrogens with zero attached hydrogens (tertiary/aromatic N) is 3. The quantitative estimate of drug-likeness (QED) is 0.296. The van der Waals surface area contributed by atoms with E-state index in [0.717, 1.165) is 10.1 Å². The second kappa shape index (κ2) is 9.96. The van der Waals surface area contributed by atoms with Crippen molar-refractivity contribution >= 4 is 57.2 Å². The predicted octanol–water partition coefficient (Wildman–Crippen LogP) is 4.87. The van der Waals surface area contributed by atoms with Gasteiger partial charge in [-0.15, -0.1) is 0 Å². The van der Waals surface area contributed by atoms with Gasteiger partial charge in [-0.1, -0.05) is 35.3 Å². The summed E-state index contributed by atoms with van der Waals surface area (Å²) in [4.78, 5) is 29.5. The molecule has 0 spiro atoms. The topological polar surface area (TPSA) is 122 Å². The van der Waals surface area contributed by atoms with Gasteiger partial charge in [0.1, 0.15) is 5.58 Å². The van der Waals surface area contributed by atoms with Crippen molar-refractivity contribution < 1.29 is 18.7 Å². The van der Waals surface area contributed by atoms with Gasteiger partial charge in [-0.25, -0.2) is 4.98 Å². The highest BCUT2D eigenvalue weighted by atomic mass is 35.5. The van der Waals surface area contributed by atoms with Crippen molar-refractivity contribution in [2.45, 2.75) is 0 Å². The average Bonchev–Trinajstić information content (AvgIpc) is 3.30. The van der Waals surface area contributed by atoms with E-state index in [1.54, 1.807) is 54.6 Å². The number of carbonyl (C=O) groups excluding carboxylic acids is 1. The Labute approximate surface area is 219 Å². The highest BCUT2D eigenvalue weighted by molar-refractivity contribution is 6.31. The number of primary amides is 1. The Morgan fingerprint density at radius 1 is 1.14 bits per heavy atom. The Hall–Kier alpha value is -4.34. The maximum absolute atomic E-state index is 13.5. The Kier molecular flexibility index (Phi) is 6.56. The summed E-state index contributed by atoms with van der Waals surface area (Å²) in [6, 6.07) is 16.9. The van der Waals surface area contributed by atoms with Crippen LogP contribution in [0.25, 0.3) is 33.5 Å². The lowest BCUT2D eigenvalue weighted by Crippen LogP contribution is -2.21. The van der Waals surface area contributed by atoms with Crippen LogP contribution >= 0.6 is 23.2 Å². The number of hydrogen-bond acceptors (Lipinski definition) is 7. The number of benzene rings is 3. The third-order valence-electron chi connectivity index (χ3n) is 5.39. The fourth-order valence-corrected chi connectivity index (χ4v) is 4.17. The van der Waals surface area contributed by atoms with E-state index >= 15 is 0 Å². The smallest absolute Gasteiger partial charge is 0.282 e. The summed E-state index contributed by atoms with van der Waals surface area (Å²) in [5.41, 5.74) is 6.19. The number of furan rings is 1. The van der Waals surface area contributed by atoms with E-state index in [-0.39, 0.29) is 17.3 Å². The molecule has 0 unspecified atom stereocenters. The lowest BCUT2D eigenvalue weighted by atomic mass is 10.2. The summed E-state index contributed by atoms with van der Waals surface area (Å²) in [6.45, 7) is -0.400. The molecule has 11 heteroatoms. The second-order valence-corrected chi connectivity index (χ2v) is 8.76. The molecular weight excluding hydrogens is 519 g/mol. The first-order chi connectivity index (χ1) is 17.8. The molecule has 0 aliphatic rings. The number of carbonyl (C=O) groups is 1. The lowest BCUT2D eigenvalue weighted by Gasteiger charge is -2.13. The molecule has 0 atom stereocenters. The number of para-hydroxylation sites is 1. The first-order valence-corrected chi connectivity index (χ1v) is 11.6. The van der Waals surface area contributed by atoms with Gasteiger partial charge >= 0.3 is 0 Å². The fraction of sp³-hybridized carbons (Fsp3) is 0.0769. The van der Waals surface area contributed by atoms with E-state index < -0.39 is 18.1 Å². The summed E-state index contributed by atoms with van der Waals surface area (Å²) in [6.07, 6.45) is 1.35. The number of aromatic nitrogens is 2. The van der Waals surface area contributed by atoms with E-state index in [1.165, 1.54) is 19.4 Å². The van der Waals surface area contributed by atoms with E-state index in [2.05, 4.69) is 10.1 Å². The first kappa shape index (κ1) is 24.4. The average molecular weight is 537 g/mol. The van der Waals surface area contributed by atoms with Crippen LogP contribution in [-0.4, -0.2) is 35.5 Å². The first-order valence-electron chi connectivity index (χ1n) is 10.9. The standard InChI is InChI=1S/C26H18Cl2N4O5/c1-35-21-11-17(28)9-15(24(21)36-13-23(29)33)12-30-32-25(31-19-5-3-2-4-18(19)26(32)34)22-10-14-8-16(27)6-7-20(14)37-22/h2-12H,13H2,1H3,(H2,29,33). The Balaban J connectivity index is 1.70. The fourth-order valence-electron chi connectivity index (χ4n) is 3.77. The molecule has 2 aromatic heterocycles. The summed E-state index contributed by atoms with van der Waals surface area (Å²) >= 11 is 12.4. The molecular formula is C26H18Cl2N4O5. The van der Waals surface area contributed by atoms with E-state index in [9.17, 15) is 9.59 Å². The van der Waals surface area contributed by atoms with Crippen molar-refractivity contribution in [3.63, 3.8) is 0 Å². The van der Waals surface area contributed by atoms with Gasteiger partial charge in [0.05, 0.1) is 24.2 Å². The number of amides is 1. The number of fused-ring (bicyclic) bond motifs is 2. The molecule has 9 nitrogen and oxygen atoms in total. The SMILES string of the molecule is COc1cc(Cl)cc(C=Nn2c(-c3cc4cc(Cl)ccc4o3)nc3ccccc3c2=O)c1OCC(N)=O. The van der Waals surface area contributed by atoms with Gasteiger partial charge in [-0.2, -0.15) is 9.78 Å². The van der Waals surface area contributed by atoms with Crippen LogP contribution in [0.15, 0.2) is 75.0 Å². The summed E-state index contributed by atoms with van der Waals surface area (Å²) in [5.74, 6) is 0.235. The Morgan fingerprint density at radius 3 is 2.73 bits per heavy atom. The zero-order valence-electron chi connectivity index (χ0n) is 19.3. The maximum atomic E-state index is 13.5. The molecule has 3 aromatic carbocycles. The summed E-state index contributed by atoms with van der Waals surface area (Å²) in [5, 5.41) is 6.37. The molecule has 5 aromatic rings. The molecule has 2 N–H and O–H groups in total. The molecule has 0 saturated heterocycles. The lowest BCUT2D eigenvalue weighted by molar-refractivity contribution is -0.119. The number of ether oxygens (including phenoxy) is 2. The number of methoxy groups -OCH3 is 1. The monoisotopic (exact) mass is 536 g/mol. The normalized spacial score (nSPS) is 11.4. The van der Waals surface area contributed by atoms with Crippen LogP contribution < -0.4 is 20.8 Å². The van der Waals surface area contributed by atoms with Gasteiger partial charge in [0, 0.05) is 27.1 Å². The van der Waals surface area contributed by atoms with Crippen molar-refractivity contribution in [3.8, 4) is 23.1 Å². The molecule has 2 heterocycles. The number of halogens is 2. The van der Waals surface area contributed by atoms with Crippen molar-refractivity contribution in [2.75, 3.05) is 13.7 Å². The maximum Gasteiger partial charge on any atom is 0.282 e. The van der Waals surface area contributed by atoms with E-state index in [0.29, 0.717) is 37.9 Å². The Bertz CT molecular complexity index is 1760. The largest absolute Gasteiger partial charge is 0.493 e.